The number of para-hydroxylation sites is 4. The summed E-state index contributed by atoms with van der Waals surface area (Å²) in [5.74, 6) is -4.14. The summed E-state index contributed by atoms with van der Waals surface area (Å²) in [6, 6.07) is 57.4. The van der Waals surface area contributed by atoms with E-state index >= 15 is 0 Å². The van der Waals surface area contributed by atoms with Crippen molar-refractivity contribution >= 4 is 217 Å². The number of benzene rings is 10. The van der Waals surface area contributed by atoms with Gasteiger partial charge in [0.1, 0.15) is 22.9 Å². The molecule has 14 rings (SSSR count). The Kier molecular flexibility index (Phi) is 53.0. The van der Waals surface area contributed by atoms with Gasteiger partial charge in [0.05, 0.1) is 76.8 Å². The molecule has 4 saturated heterocycles. The van der Waals surface area contributed by atoms with Gasteiger partial charge in [-0.3, -0.25) is 4.79 Å². The number of piperidine rings is 3. The normalized spacial score (nSPS) is 13.1. The first-order valence-corrected chi connectivity index (χ1v) is 52.9. The molecule has 4 aliphatic rings. The monoisotopic (exact) mass is 2400 g/mol. The number of carbonyl (C=O) groups is 6. The van der Waals surface area contributed by atoms with Crippen LogP contribution in [-0.4, -0.2) is 178 Å². The number of nitrogens with two attached hydrogens (primary N) is 1. The molecule has 0 unspecified atom stereocenters. The van der Waals surface area contributed by atoms with Crippen LogP contribution in [0.4, 0.5) is 49.9 Å². The van der Waals surface area contributed by atoms with E-state index in [-0.39, 0.29) is 47.6 Å². The molecule has 37 heteroatoms. The number of carboxylic acid groups (broad SMARTS) is 3. The molecule has 755 valence electrons. The van der Waals surface area contributed by atoms with Crippen molar-refractivity contribution in [2.45, 2.75) is 159 Å². The number of aryl methyl sites for hydroxylation is 7. The Morgan fingerprint density at radius 2 is 0.754 bits per heavy atom. The average Bonchev–Trinajstić information content (AvgIpc) is 0.775. The predicted octanol–water partition coefficient (Wildman–Crippen LogP) is 25.0. The number of sulfonamides is 1. The van der Waals surface area contributed by atoms with E-state index in [0.29, 0.717) is 82.9 Å². The number of amides is 1. The summed E-state index contributed by atoms with van der Waals surface area (Å²) in [4.78, 5) is 85.5. The smallest absolute Gasteiger partial charge is 0.254 e. The van der Waals surface area contributed by atoms with E-state index in [1.54, 1.807) is 55.7 Å². The van der Waals surface area contributed by atoms with Crippen molar-refractivity contribution in [1.29, 1.82) is 10.5 Å². The molecule has 4 heterocycles. The fourth-order valence-corrected chi connectivity index (χ4v) is 18.4. The second-order valence-electron chi connectivity index (χ2n) is 33.0. The van der Waals surface area contributed by atoms with E-state index in [1.165, 1.54) is 26.4 Å². The van der Waals surface area contributed by atoms with Gasteiger partial charge < -0.3 is 65.2 Å². The predicted molar refractivity (Wildman–Crippen MR) is 605 cm³/mol. The SMILES string of the molecule is BrB(Br)Br.C.C.CI.COC(=O)c1c(C)ccc(Br)c1C.COC(=O)c1c(C)ccc(NC2CCN(c3ccccc3C#N)CC2)c1C.Cc1ccc(Br)c(C)c1C(=O)O.Cc1ccc(NC2CCN(c3ccccc3C#N)CC2)c(C)c1C(=O)O.Cc1cccc(C)c1C(=O)O.[B]=NS.[C-]#[N+]c1ccccc1N1CCC(Nc2ccc(C)c(C(=O)N3CCN(c4cccc(F)c4S(N)(=O)=O)CC3)c2C)CC1. The van der Waals surface area contributed by atoms with Crippen LogP contribution in [0, 0.1) is 118 Å². The van der Waals surface area contributed by atoms with Gasteiger partial charge in [-0.2, -0.15) is 10.5 Å². The fourth-order valence-electron chi connectivity index (χ4n) is 16.9. The van der Waals surface area contributed by atoms with Crippen molar-refractivity contribution in [3.63, 3.8) is 0 Å². The van der Waals surface area contributed by atoms with Gasteiger partial charge in [0.25, 0.3) is 5.91 Å². The molecule has 10 aromatic rings. The second-order valence-corrected chi connectivity index (χ2v) is 42.9. The number of methoxy groups -OCH3 is 2. The molecule has 26 nitrogen and oxygen atoms in total. The first-order chi connectivity index (χ1) is 66.5. The number of thiol groups is 1. The van der Waals surface area contributed by atoms with Gasteiger partial charge >= 0.3 is 57.8 Å². The first kappa shape index (κ1) is 124. The minimum atomic E-state index is -4.25. The number of alkyl halides is 1. The number of rotatable bonds is 17. The number of nitrogens with one attached hydrogen (secondary N) is 3. The van der Waals surface area contributed by atoms with Crippen molar-refractivity contribution in [3.05, 3.63) is 307 Å². The number of esters is 2. The maximum Gasteiger partial charge on any atom is 0.254 e. The van der Waals surface area contributed by atoms with Gasteiger partial charge in [-0.25, -0.2) is 46.8 Å². The summed E-state index contributed by atoms with van der Waals surface area (Å²) in [6.07, 6.45) is 5.64. The van der Waals surface area contributed by atoms with Crippen LogP contribution in [0.2, 0.25) is 0 Å². The summed E-state index contributed by atoms with van der Waals surface area (Å²) in [5, 5.41) is 61.7. The third-order valence-electron chi connectivity index (χ3n) is 24.1. The zero-order valence-corrected chi connectivity index (χ0v) is 92.7. The summed E-state index contributed by atoms with van der Waals surface area (Å²) < 4.78 is 52.9. The van der Waals surface area contributed by atoms with Crippen LogP contribution in [0.1, 0.15) is 193 Å². The van der Waals surface area contributed by atoms with Gasteiger partial charge in [-0.1, -0.05) is 166 Å². The van der Waals surface area contributed by atoms with E-state index in [2.05, 4.69) is 174 Å². The molecular formula is C105H125B2Br5FIN13O13S2. The zero-order valence-electron chi connectivity index (χ0n) is 80.9. The van der Waals surface area contributed by atoms with Crippen molar-refractivity contribution in [2.24, 2.45) is 9.44 Å². The Bertz CT molecular complexity index is 6260. The summed E-state index contributed by atoms with van der Waals surface area (Å²) in [7, 11) is 2.89. The number of nitrogens with zero attached hydrogens (tertiary/aromatic N) is 9. The summed E-state index contributed by atoms with van der Waals surface area (Å²) >= 11 is 21.3. The van der Waals surface area contributed by atoms with Crippen LogP contribution in [-0.2, 0) is 19.5 Å². The number of carboxylic acids is 3. The van der Waals surface area contributed by atoms with E-state index < -0.39 is 38.6 Å². The number of ether oxygens (including phenoxy) is 2. The van der Waals surface area contributed by atoms with E-state index in [9.17, 15) is 57.2 Å². The first-order valence-electron chi connectivity index (χ1n) is 44.5. The van der Waals surface area contributed by atoms with Gasteiger partial charge in [0.2, 0.25) is 15.7 Å². The fraction of sp³-hybridized carbons (Fsp3) is 0.343. The van der Waals surface area contributed by atoms with Crippen LogP contribution in [0.3, 0.4) is 0 Å². The van der Waals surface area contributed by atoms with Gasteiger partial charge in [-0.05, 0) is 266 Å². The number of anilines is 7. The summed E-state index contributed by atoms with van der Waals surface area (Å²) in [6.45, 7) is 36.5. The molecular weight excluding hydrogens is 2280 g/mol. The number of aromatic carboxylic acids is 3. The molecule has 0 aromatic heterocycles. The molecule has 0 saturated carbocycles. The number of carbonyl (C=O) groups excluding carboxylic acids is 3. The largest absolute Gasteiger partial charge is 0.382 e. The maximum atomic E-state index is 14.4. The van der Waals surface area contributed by atoms with Crippen molar-refractivity contribution < 1.29 is 66.4 Å². The molecule has 142 heavy (non-hydrogen) atoms. The molecule has 1 radical (unpaired) electrons. The molecule has 4 fully saturated rings. The van der Waals surface area contributed by atoms with Crippen molar-refractivity contribution in [2.75, 3.05) is 120 Å². The van der Waals surface area contributed by atoms with Crippen LogP contribution < -0.4 is 40.7 Å². The van der Waals surface area contributed by atoms with Crippen LogP contribution in [0.5, 0.6) is 0 Å². The van der Waals surface area contributed by atoms with E-state index in [4.69, 9.17) is 31.4 Å². The Morgan fingerprint density at radius 3 is 1.11 bits per heavy atom. The molecule has 1 amide bonds. The van der Waals surface area contributed by atoms with Gasteiger partial charge in [0.15, 0.2) is 0 Å². The average molecular weight is 2410 g/mol. The topological polar surface area (TPSA) is 358 Å². The van der Waals surface area contributed by atoms with Crippen molar-refractivity contribution in [3.8, 4) is 12.1 Å². The van der Waals surface area contributed by atoms with Crippen LogP contribution in [0.25, 0.3) is 4.85 Å². The minimum Gasteiger partial charge on any atom is -0.382 e. The molecule has 0 aliphatic carbocycles. The van der Waals surface area contributed by atoms with Gasteiger partial charge in [0, 0.05) is 121 Å². The number of nitriles is 2. The van der Waals surface area contributed by atoms with Gasteiger partial charge in [-0.15, -0.1) is 47.3 Å². The Morgan fingerprint density at radius 1 is 0.465 bits per heavy atom. The Hall–Kier alpha value is -10.7. The molecule has 0 spiro atoms. The third kappa shape index (κ3) is 34.8. The number of hydrogen-bond donors (Lipinski definition) is 8. The molecule has 10 aromatic carbocycles. The number of hydrogen-bond acceptors (Lipinski definition) is 21. The molecule has 8 N–H and O–H groups in total. The van der Waals surface area contributed by atoms with Crippen molar-refractivity contribution in [1.82, 2.24) is 4.90 Å². The maximum absolute atomic E-state index is 14.4. The number of primary sulfonamides is 1. The molecule has 0 atom stereocenters. The number of piperazine rings is 1. The molecule has 4 aliphatic heterocycles. The van der Waals surface area contributed by atoms with Crippen LogP contribution >= 0.6 is 115 Å². The molecule has 0 bridgehead atoms. The van der Waals surface area contributed by atoms with E-state index in [0.717, 1.165) is 199 Å². The second kappa shape index (κ2) is 60.8. The minimum absolute atomic E-state index is 0. The number of halogens is 7. The summed E-state index contributed by atoms with van der Waals surface area (Å²) in [5.41, 5.74) is 21.5. The van der Waals surface area contributed by atoms with Crippen LogP contribution in [0.15, 0.2) is 188 Å². The standard InChI is InChI=1S/C31H35FN6O3S.C22H25N3O2.C21H23N3O2.C10H11BrO2.C9H9BrO2.C9H10O2.CH3I.2CH4.BBr3.BHNS/c1-21-11-12-25(35-23-13-15-36(16-14-23)27-9-5-4-8-26(27)34-3)22(2)29(21)31(39)38-19-17-37(18-20-38)28-10-6-7-24(32)30(28)42(33,40)41;1-15-8-9-19(16(2)21(15)22(26)27-3)24-18-10-12-25(13-11-18)20-7-5-4-6-17(20)14-23;1-14-7-8-18(15(2)20(14)21(25)26)23-17-9-11-24(12-10-17)19-6-4-3-5-16(19)13-22;1-6-4-5-8(11)7(2)9(6)10(12)13-3;1-5-3-4-7(10)6(2)8(5)9(11)12;1-6-4-3-5-7(2)8(6)9(10)11;1-2;;;2-1(3)4;1-2-3/h4-12,23,35H,13-20H2,1-2H3,(H2,33,40,41);4-9,18,24H,10-13H2,1-3H3;3-8,17,23H,9-12H2,1-2H3,(H,25,26);4-5H,1-3H3;3-4H,1-2H3,(H,11,12);3-5H,1-2H3,(H,10,11);1H3;2*1H4;;3H. The quantitative estimate of drug-likeness (QED) is 0.0105. The van der Waals surface area contributed by atoms with E-state index in [1.807, 2.05) is 194 Å². The third-order valence-corrected chi connectivity index (χ3v) is 26.8. The Labute approximate surface area is 898 Å². The zero-order chi connectivity index (χ0) is 104. The Balaban J connectivity index is 0.000000369.